The number of carbonyl (C=O) groups is 2. The zero-order chi connectivity index (χ0) is 27.2. The lowest BCUT2D eigenvalue weighted by atomic mass is 9.88. The largest absolute Gasteiger partial charge is 0.419 e. The minimum absolute atomic E-state index is 0.00584. The summed E-state index contributed by atoms with van der Waals surface area (Å²) in [6, 6.07) is 3.38. The van der Waals surface area contributed by atoms with Crippen LogP contribution in [0.3, 0.4) is 0 Å². The van der Waals surface area contributed by atoms with Crippen LogP contribution in [-0.4, -0.2) is 69.8 Å². The molecule has 11 heteroatoms. The first-order valence-electron chi connectivity index (χ1n) is 13.2. The Balaban J connectivity index is 1.25. The highest BCUT2D eigenvalue weighted by molar-refractivity contribution is 5.94. The van der Waals surface area contributed by atoms with Crippen LogP contribution in [0, 0.1) is 5.82 Å². The van der Waals surface area contributed by atoms with Gasteiger partial charge in [0, 0.05) is 37.4 Å². The smallest absolute Gasteiger partial charge is 0.372 e. The third-order valence-electron chi connectivity index (χ3n) is 7.82. The number of morpholine rings is 1. The summed E-state index contributed by atoms with van der Waals surface area (Å²) in [5.41, 5.74) is 1.02. The molecule has 2 saturated heterocycles. The minimum Gasteiger partial charge on any atom is -0.372 e. The van der Waals surface area contributed by atoms with E-state index in [0.29, 0.717) is 44.7 Å². The Kier molecular flexibility index (Phi) is 7.23. The van der Waals surface area contributed by atoms with Crippen molar-refractivity contribution in [2.75, 3.05) is 26.2 Å². The molecule has 1 aromatic carbocycles. The summed E-state index contributed by atoms with van der Waals surface area (Å²) in [4.78, 5) is 29.9. The van der Waals surface area contributed by atoms with Crippen molar-refractivity contribution in [2.45, 2.75) is 76.8 Å². The van der Waals surface area contributed by atoms with Crippen molar-refractivity contribution in [1.29, 1.82) is 0 Å². The van der Waals surface area contributed by atoms with E-state index < -0.39 is 23.5 Å². The van der Waals surface area contributed by atoms with Crippen molar-refractivity contribution in [2.24, 2.45) is 0 Å². The maximum Gasteiger partial charge on any atom is 0.419 e. The number of piperidine rings is 1. The van der Waals surface area contributed by atoms with E-state index in [9.17, 15) is 27.2 Å². The lowest BCUT2D eigenvalue weighted by molar-refractivity contribution is -0.140. The highest BCUT2D eigenvalue weighted by Gasteiger charge is 2.37. The molecule has 1 aromatic heterocycles. The topological polar surface area (TPSA) is 67.7 Å². The Bertz CT molecular complexity index is 1210. The fourth-order valence-corrected chi connectivity index (χ4v) is 6.06. The Morgan fingerprint density at radius 2 is 1.74 bits per heavy atom. The molecule has 0 spiro atoms. The summed E-state index contributed by atoms with van der Waals surface area (Å²) in [5, 5.41) is 4.58. The Morgan fingerprint density at radius 1 is 1.05 bits per heavy atom. The third kappa shape index (κ3) is 5.17. The number of aromatic nitrogens is 2. The van der Waals surface area contributed by atoms with Crippen molar-refractivity contribution >= 4 is 11.8 Å². The normalized spacial score (nSPS) is 22.6. The lowest BCUT2D eigenvalue weighted by Gasteiger charge is -2.35. The molecule has 2 atom stereocenters. The molecule has 1 aliphatic carbocycles. The van der Waals surface area contributed by atoms with Crippen LogP contribution in [0.4, 0.5) is 17.6 Å². The molecule has 7 nitrogen and oxygen atoms in total. The van der Waals surface area contributed by atoms with E-state index in [1.165, 1.54) is 12.1 Å². The molecule has 0 unspecified atom stereocenters. The molecule has 206 valence electrons. The van der Waals surface area contributed by atoms with E-state index >= 15 is 0 Å². The standard InChI is InChI=1S/C27H32F4N4O3/c1-16-13-34(14-17(2)38-16)26(37)25-20-6-4-8-22(20)35(32-25)15-23(36)33-11-9-18(10-12-33)19-5-3-7-21(24(19)28)27(29,30)31/h3,5,7,16-18H,4,6,8-15H2,1-2H3/t16-,17+. The van der Waals surface area contributed by atoms with Crippen LogP contribution in [0.25, 0.3) is 0 Å². The number of ether oxygens (including phenoxy) is 1. The van der Waals surface area contributed by atoms with Gasteiger partial charge in [-0.15, -0.1) is 0 Å². The molecular formula is C27H32F4N4O3. The monoisotopic (exact) mass is 536 g/mol. The predicted molar refractivity (Wildman–Crippen MR) is 130 cm³/mol. The van der Waals surface area contributed by atoms with Gasteiger partial charge < -0.3 is 14.5 Å². The number of fused-ring (bicyclic) bond motifs is 1. The maximum atomic E-state index is 14.6. The molecule has 2 aromatic rings. The average molecular weight is 537 g/mol. The van der Waals surface area contributed by atoms with Gasteiger partial charge in [-0.1, -0.05) is 12.1 Å². The van der Waals surface area contributed by atoms with E-state index in [-0.39, 0.29) is 36.1 Å². The Labute approximate surface area is 218 Å². The molecule has 3 heterocycles. The molecule has 0 radical (unpaired) electrons. The number of nitrogens with zero attached hydrogens (tertiary/aromatic N) is 4. The highest BCUT2D eigenvalue weighted by atomic mass is 19.4. The van der Waals surface area contributed by atoms with Gasteiger partial charge in [-0.3, -0.25) is 14.3 Å². The van der Waals surface area contributed by atoms with Gasteiger partial charge in [0.1, 0.15) is 12.4 Å². The second kappa shape index (κ2) is 10.3. The van der Waals surface area contributed by atoms with Crippen molar-refractivity contribution in [1.82, 2.24) is 19.6 Å². The number of likely N-dealkylation sites (tertiary alicyclic amines) is 1. The van der Waals surface area contributed by atoms with Crippen LogP contribution >= 0.6 is 0 Å². The summed E-state index contributed by atoms with van der Waals surface area (Å²) in [6.07, 6.45) is -1.75. The van der Waals surface area contributed by atoms with Crippen LogP contribution < -0.4 is 0 Å². The van der Waals surface area contributed by atoms with Crippen molar-refractivity contribution in [3.05, 3.63) is 52.1 Å². The minimum atomic E-state index is -4.75. The van der Waals surface area contributed by atoms with E-state index in [4.69, 9.17) is 4.74 Å². The summed E-state index contributed by atoms with van der Waals surface area (Å²) in [6.45, 7) is 5.48. The van der Waals surface area contributed by atoms with Crippen molar-refractivity contribution < 1.29 is 31.9 Å². The van der Waals surface area contributed by atoms with Gasteiger partial charge in [-0.25, -0.2) is 4.39 Å². The van der Waals surface area contributed by atoms with Crippen molar-refractivity contribution in [3.63, 3.8) is 0 Å². The quantitative estimate of drug-likeness (QED) is 0.550. The van der Waals surface area contributed by atoms with E-state index in [1.807, 2.05) is 13.8 Å². The number of rotatable bonds is 4. The molecule has 0 saturated carbocycles. The van der Waals surface area contributed by atoms with Gasteiger partial charge in [0.25, 0.3) is 5.91 Å². The first-order chi connectivity index (χ1) is 18.0. The molecule has 3 aliphatic rings. The number of halogens is 4. The van der Waals surface area contributed by atoms with Crippen molar-refractivity contribution in [3.8, 4) is 0 Å². The molecule has 5 rings (SSSR count). The van der Waals surface area contributed by atoms with Crippen LogP contribution in [0.15, 0.2) is 18.2 Å². The number of hydrogen-bond donors (Lipinski definition) is 0. The average Bonchev–Trinajstić information content (AvgIpc) is 3.46. The van der Waals surface area contributed by atoms with Gasteiger partial charge in [-0.2, -0.15) is 18.3 Å². The fraction of sp³-hybridized carbons (Fsp3) is 0.593. The van der Waals surface area contributed by atoms with Gasteiger partial charge >= 0.3 is 6.18 Å². The summed E-state index contributed by atoms with van der Waals surface area (Å²) in [7, 11) is 0. The zero-order valence-electron chi connectivity index (χ0n) is 21.6. The Hall–Kier alpha value is -2.95. The molecule has 2 amide bonds. The number of hydrogen-bond acceptors (Lipinski definition) is 4. The number of carbonyl (C=O) groups excluding carboxylic acids is 2. The highest BCUT2D eigenvalue weighted by Crippen LogP contribution is 2.37. The summed E-state index contributed by atoms with van der Waals surface area (Å²) in [5.74, 6) is -1.92. The first kappa shape index (κ1) is 26.6. The van der Waals surface area contributed by atoms with E-state index in [1.54, 1.807) is 14.5 Å². The Morgan fingerprint density at radius 3 is 2.39 bits per heavy atom. The number of amides is 2. The molecule has 0 bridgehead atoms. The fourth-order valence-electron chi connectivity index (χ4n) is 6.06. The van der Waals surface area contributed by atoms with Crippen LogP contribution in [0.1, 0.15) is 71.9 Å². The van der Waals surface area contributed by atoms with Crippen LogP contribution in [-0.2, 0) is 35.1 Å². The van der Waals surface area contributed by atoms with E-state index in [2.05, 4.69) is 5.10 Å². The number of benzene rings is 1. The van der Waals surface area contributed by atoms with Crippen LogP contribution in [0.5, 0.6) is 0 Å². The van der Waals surface area contributed by atoms with Gasteiger partial charge in [0.15, 0.2) is 5.69 Å². The van der Waals surface area contributed by atoms with Crippen LogP contribution in [0.2, 0.25) is 0 Å². The molecule has 0 N–H and O–H groups in total. The molecular weight excluding hydrogens is 504 g/mol. The summed E-state index contributed by atoms with van der Waals surface area (Å²) >= 11 is 0. The van der Waals surface area contributed by atoms with Gasteiger partial charge in [0.2, 0.25) is 5.91 Å². The predicted octanol–water partition coefficient (Wildman–Crippen LogP) is 4.19. The summed E-state index contributed by atoms with van der Waals surface area (Å²) < 4.78 is 61.4. The molecule has 2 fully saturated rings. The zero-order valence-corrected chi connectivity index (χ0v) is 21.6. The second-order valence-corrected chi connectivity index (χ2v) is 10.6. The van der Waals surface area contributed by atoms with E-state index in [0.717, 1.165) is 36.6 Å². The molecule has 38 heavy (non-hydrogen) atoms. The molecule has 2 aliphatic heterocycles. The SMILES string of the molecule is C[C@@H]1CN(C(=O)c2nn(CC(=O)N3CCC(c4cccc(C(F)(F)F)c4F)CC3)c3c2CCC3)C[C@H](C)O1. The lowest BCUT2D eigenvalue weighted by Crippen LogP contribution is -2.48. The maximum absolute atomic E-state index is 14.6. The van der Waals surface area contributed by atoms with Gasteiger partial charge in [0.05, 0.1) is 17.8 Å². The number of alkyl halides is 3. The van der Waals surface area contributed by atoms with Gasteiger partial charge in [-0.05, 0) is 63.5 Å². The third-order valence-corrected chi connectivity index (χ3v) is 7.82. The first-order valence-corrected chi connectivity index (χ1v) is 13.2. The second-order valence-electron chi connectivity index (χ2n) is 10.6.